The van der Waals surface area contributed by atoms with Crippen LogP contribution in [0.5, 0.6) is 0 Å². The van der Waals surface area contributed by atoms with Crippen LogP contribution in [0.1, 0.15) is 49.7 Å². The van der Waals surface area contributed by atoms with Gasteiger partial charge in [0.1, 0.15) is 0 Å². The summed E-state index contributed by atoms with van der Waals surface area (Å²) in [5.74, 6) is 0. The van der Waals surface area contributed by atoms with Gasteiger partial charge in [-0.3, -0.25) is 4.68 Å². The number of ether oxygens (including phenoxy) is 2. The van der Waals surface area contributed by atoms with Crippen LogP contribution in [0.2, 0.25) is 0 Å². The molecule has 1 aromatic rings. The lowest BCUT2D eigenvalue weighted by Gasteiger charge is -2.30. The molecule has 1 fully saturated rings. The SMILES string of the molecule is CCN(CC)C(=O)N1CCCC1c1nn(CCOC)c2c1COCC2. The molecule has 0 spiro atoms. The van der Waals surface area contributed by atoms with Crippen LogP contribution >= 0.6 is 0 Å². The highest BCUT2D eigenvalue weighted by atomic mass is 16.5. The normalized spacial score (nSPS) is 20.0. The standard InChI is InChI=1S/C18H30N4O3/c1-4-20(5-2)18(23)21-9-6-7-16(21)17-14-13-25-11-8-15(14)22(19-17)10-12-24-3/h16H,4-13H2,1-3H3. The van der Waals surface area contributed by atoms with Gasteiger partial charge in [0.2, 0.25) is 0 Å². The average molecular weight is 350 g/mol. The predicted octanol–water partition coefficient (Wildman–Crippen LogP) is 2.20. The number of hydrogen-bond donors (Lipinski definition) is 0. The van der Waals surface area contributed by atoms with Crippen LogP contribution in [0.25, 0.3) is 0 Å². The summed E-state index contributed by atoms with van der Waals surface area (Å²) in [7, 11) is 1.71. The Balaban J connectivity index is 1.89. The number of methoxy groups -OCH3 is 1. The third-order valence-corrected chi connectivity index (χ3v) is 5.28. The topological polar surface area (TPSA) is 59.8 Å². The zero-order valence-corrected chi connectivity index (χ0v) is 15.7. The van der Waals surface area contributed by atoms with E-state index < -0.39 is 0 Å². The molecule has 0 aromatic carbocycles. The average Bonchev–Trinajstić information content (AvgIpc) is 3.25. The Hall–Kier alpha value is -1.60. The van der Waals surface area contributed by atoms with Crippen LogP contribution in [0, 0.1) is 0 Å². The van der Waals surface area contributed by atoms with Gasteiger partial charge in [-0.1, -0.05) is 0 Å². The van der Waals surface area contributed by atoms with Crippen molar-refractivity contribution in [2.24, 2.45) is 0 Å². The number of rotatable bonds is 6. The zero-order valence-electron chi connectivity index (χ0n) is 15.7. The number of urea groups is 1. The van der Waals surface area contributed by atoms with E-state index in [1.54, 1.807) is 7.11 Å². The summed E-state index contributed by atoms with van der Waals surface area (Å²) in [4.78, 5) is 16.8. The van der Waals surface area contributed by atoms with Gasteiger partial charge in [0.15, 0.2) is 0 Å². The molecule has 0 N–H and O–H groups in total. The van der Waals surface area contributed by atoms with Crippen LogP contribution in [-0.2, 0) is 29.0 Å². The summed E-state index contributed by atoms with van der Waals surface area (Å²) < 4.78 is 13.0. The molecule has 2 aliphatic rings. The number of carbonyl (C=O) groups is 1. The molecule has 0 radical (unpaired) electrons. The van der Waals surface area contributed by atoms with E-state index in [2.05, 4.69) is 4.68 Å². The van der Waals surface area contributed by atoms with E-state index in [1.165, 1.54) is 11.3 Å². The minimum absolute atomic E-state index is 0.0624. The first-order valence-electron chi connectivity index (χ1n) is 9.41. The molecule has 0 aliphatic carbocycles. The number of nitrogens with zero attached hydrogens (tertiary/aromatic N) is 4. The van der Waals surface area contributed by atoms with E-state index in [1.807, 2.05) is 23.6 Å². The van der Waals surface area contributed by atoms with Gasteiger partial charge in [0.05, 0.1) is 38.1 Å². The molecule has 7 nitrogen and oxygen atoms in total. The molecular formula is C18H30N4O3. The minimum atomic E-state index is 0.0624. The maximum absolute atomic E-state index is 12.9. The van der Waals surface area contributed by atoms with E-state index in [0.29, 0.717) is 13.2 Å². The monoisotopic (exact) mass is 350 g/mol. The summed E-state index contributed by atoms with van der Waals surface area (Å²) in [6, 6.07) is 0.191. The summed E-state index contributed by atoms with van der Waals surface area (Å²) in [5.41, 5.74) is 3.47. The minimum Gasteiger partial charge on any atom is -0.383 e. The molecule has 1 atom stereocenters. The maximum atomic E-state index is 12.9. The highest BCUT2D eigenvalue weighted by molar-refractivity contribution is 5.75. The third kappa shape index (κ3) is 3.53. The number of carbonyl (C=O) groups excluding carboxylic acids is 1. The van der Waals surface area contributed by atoms with E-state index >= 15 is 0 Å². The molecule has 2 amide bonds. The quantitative estimate of drug-likeness (QED) is 0.789. The van der Waals surface area contributed by atoms with Gasteiger partial charge < -0.3 is 19.3 Å². The Morgan fingerprint density at radius 2 is 2.20 bits per heavy atom. The van der Waals surface area contributed by atoms with Gasteiger partial charge in [-0.05, 0) is 26.7 Å². The number of aromatic nitrogens is 2. The summed E-state index contributed by atoms with van der Waals surface area (Å²) in [5, 5.41) is 4.90. The number of hydrogen-bond acceptors (Lipinski definition) is 4. The van der Waals surface area contributed by atoms with Crippen LogP contribution < -0.4 is 0 Å². The van der Waals surface area contributed by atoms with Crippen molar-refractivity contribution in [1.29, 1.82) is 0 Å². The molecule has 7 heteroatoms. The molecule has 2 aliphatic heterocycles. The number of likely N-dealkylation sites (tertiary alicyclic amines) is 1. The first-order chi connectivity index (χ1) is 12.2. The molecule has 25 heavy (non-hydrogen) atoms. The molecule has 0 saturated carbocycles. The number of amides is 2. The van der Waals surface area contributed by atoms with Crippen molar-refractivity contribution in [2.75, 3.05) is 40.0 Å². The fourth-order valence-corrected chi connectivity index (χ4v) is 3.92. The van der Waals surface area contributed by atoms with Crippen molar-refractivity contribution in [3.63, 3.8) is 0 Å². The van der Waals surface area contributed by atoms with Crippen LogP contribution in [0.15, 0.2) is 0 Å². The van der Waals surface area contributed by atoms with E-state index in [4.69, 9.17) is 14.6 Å². The van der Waals surface area contributed by atoms with E-state index in [-0.39, 0.29) is 12.1 Å². The Kier molecular flexibility index (Phi) is 5.96. The first kappa shape index (κ1) is 18.2. The summed E-state index contributed by atoms with van der Waals surface area (Å²) in [6.45, 7) is 9.06. The van der Waals surface area contributed by atoms with Gasteiger partial charge in [0.25, 0.3) is 0 Å². The van der Waals surface area contributed by atoms with Gasteiger partial charge in [-0.15, -0.1) is 0 Å². The molecule has 1 aromatic heterocycles. The van der Waals surface area contributed by atoms with Gasteiger partial charge in [-0.25, -0.2) is 4.79 Å². The van der Waals surface area contributed by atoms with Crippen molar-refractivity contribution in [3.8, 4) is 0 Å². The third-order valence-electron chi connectivity index (χ3n) is 5.28. The first-order valence-corrected chi connectivity index (χ1v) is 9.41. The highest BCUT2D eigenvalue weighted by Gasteiger charge is 2.36. The lowest BCUT2D eigenvalue weighted by atomic mass is 10.0. The molecular weight excluding hydrogens is 320 g/mol. The summed E-state index contributed by atoms with van der Waals surface area (Å²) in [6.07, 6.45) is 2.88. The Morgan fingerprint density at radius 1 is 1.40 bits per heavy atom. The molecule has 0 bridgehead atoms. The summed E-state index contributed by atoms with van der Waals surface area (Å²) >= 11 is 0. The van der Waals surface area contributed by atoms with Gasteiger partial charge >= 0.3 is 6.03 Å². The molecule has 1 unspecified atom stereocenters. The Bertz CT molecular complexity index is 597. The van der Waals surface area contributed by atoms with Crippen LogP contribution in [-0.4, -0.2) is 65.6 Å². The molecule has 3 rings (SSSR count). The van der Waals surface area contributed by atoms with Crippen molar-refractivity contribution >= 4 is 6.03 Å². The maximum Gasteiger partial charge on any atom is 0.320 e. The second-order valence-electron chi connectivity index (χ2n) is 6.64. The lowest BCUT2D eigenvalue weighted by Crippen LogP contribution is -2.42. The van der Waals surface area contributed by atoms with Crippen LogP contribution in [0.4, 0.5) is 4.79 Å². The van der Waals surface area contributed by atoms with E-state index in [9.17, 15) is 4.79 Å². The number of fused-ring (bicyclic) bond motifs is 1. The van der Waals surface area contributed by atoms with Crippen molar-refractivity contribution in [1.82, 2.24) is 19.6 Å². The fourth-order valence-electron chi connectivity index (χ4n) is 3.92. The van der Waals surface area contributed by atoms with Crippen molar-refractivity contribution in [2.45, 2.75) is 52.3 Å². The fraction of sp³-hybridized carbons (Fsp3) is 0.778. The zero-order chi connectivity index (χ0) is 17.8. The van der Waals surface area contributed by atoms with Gasteiger partial charge in [0, 0.05) is 44.4 Å². The molecule has 1 saturated heterocycles. The second-order valence-corrected chi connectivity index (χ2v) is 6.64. The predicted molar refractivity (Wildman–Crippen MR) is 94.5 cm³/mol. The lowest BCUT2D eigenvalue weighted by molar-refractivity contribution is 0.106. The van der Waals surface area contributed by atoms with Crippen molar-refractivity contribution in [3.05, 3.63) is 17.0 Å². The molecule has 140 valence electrons. The van der Waals surface area contributed by atoms with Crippen molar-refractivity contribution < 1.29 is 14.3 Å². The largest absolute Gasteiger partial charge is 0.383 e. The second kappa shape index (κ2) is 8.19. The van der Waals surface area contributed by atoms with Crippen LogP contribution in [0.3, 0.4) is 0 Å². The van der Waals surface area contributed by atoms with Gasteiger partial charge in [-0.2, -0.15) is 5.10 Å². The highest BCUT2D eigenvalue weighted by Crippen LogP contribution is 2.36. The Morgan fingerprint density at radius 3 is 2.92 bits per heavy atom. The Labute approximate surface area is 149 Å². The van der Waals surface area contributed by atoms with E-state index in [0.717, 1.165) is 57.7 Å². The smallest absolute Gasteiger partial charge is 0.320 e. The molecule has 3 heterocycles.